The van der Waals surface area contributed by atoms with Gasteiger partial charge >= 0.3 is 0 Å². The van der Waals surface area contributed by atoms with Crippen LogP contribution in [-0.4, -0.2) is 35.1 Å². The van der Waals surface area contributed by atoms with E-state index >= 15 is 0 Å². The van der Waals surface area contributed by atoms with Crippen LogP contribution in [0.4, 0.5) is 0 Å². The van der Waals surface area contributed by atoms with Crippen molar-refractivity contribution in [3.05, 3.63) is 6.92 Å². The average Bonchev–Trinajstić information content (AvgIpc) is 1.89. The van der Waals surface area contributed by atoms with Gasteiger partial charge in [0.2, 0.25) is 0 Å². The highest BCUT2D eigenvalue weighted by atomic mass is 16.3. The third kappa shape index (κ3) is 2.79. The van der Waals surface area contributed by atoms with E-state index in [2.05, 4.69) is 0 Å². The molecule has 0 aliphatic rings. The predicted octanol–water partition coefficient (Wildman–Crippen LogP) is -1.07. The second-order valence-corrected chi connectivity index (χ2v) is 2.07. The molecule has 0 saturated heterocycles. The van der Waals surface area contributed by atoms with Gasteiger partial charge < -0.3 is 15.3 Å². The van der Waals surface area contributed by atoms with Crippen LogP contribution in [0.2, 0.25) is 0 Å². The normalized spacial score (nSPS) is 12.0. The second-order valence-electron chi connectivity index (χ2n) is 2.07. The van der Waals surface area contributed by atoms with Crippen LogP contribution >= 0.6 is 0 Å². The van der Waals surface area contributed by atoms with E-state index in [-0.39, 0.29) is 13.0 Å². The molecule has 0 aromatic heterocycles. The van der Waals surface area contributed by atoms with Crippen molar-refractivity contribution in [1.82, 2.24) is 0 Å². The van der Waals surface area contributed by atoms with Gasteiger partial charge in [0.05, 0.1) is 13.2 Å². The summed E-state index contributed by atoms with van der Waals surface area (Å²) in [6.07, 6.45) is 0.111. The van der Waals surface area contributed by atoms with Crippen molar-refractivity contribution in [2.24, 2.45) is 5.41 Å². The standard InChI is InChI=1S/C6H11O3/c1-6(4-8,5-9)2-3-7/h7-9H,2-5H2. The summed E-state index contributed by atoms with van der Waals surface area (Å²) in [5.74, 6) is 0. The number of hydrogen-bond donors (Lipinski definition) is 3. The van der Waals surface area contributed by atoms with Crippen molar-refractivity contribution in [3.63, 3.8) is 0 Å². The SMILES string of the molecule is [C]C(CO)(CO)CCO. The first-order valence-corrected chi connectivity index (χ1v) is 2.76. The summed E-state index contributed by atoms with van der Waals surface area (Å²) in [7, 11) is 0. The summed E-state index contributed by atoms with van der Waals surface area (Å²) in [6, 6.07) is 0. The zero-order chi connectivity index (χ0) is 7.33. The van der Waals surface area contributed by atoms with Gasteiger partial charge in [-0.3, -0.25) is 0 Å². The fourth-order valence-corrected chi connectivity index (χ4v) is 0.422. The molecule has 0 bridgehead atoms. The van der Waals surface area contributed by atoms with Crippen LogP contribution in [0.1, 0.15) is 6.42 Å². The molecule has 0 heterocycles. The van der Waals surface area contributed by atoms with Crippen LogP contribution in [-0.2, 0) is 0 Å². The molecule has 0 aliphatic carbocycles. The maximum Gasteiger partial charge on any atom is 0.0516 e. The van der Waals surface area contributed by atoms with Crippen molar-refractivity contribution in [2.75, 3.05) is 19.8 Å². The molecule has 0 aromatic rings. The molecule has 0 spiro atoms. The summed E-state index contributed by atoms with van der Waals surface area (Å²) in [5, 5.41) is 25.2. The monoisotopic (exact) mass is 131 g/mol. The molecule has 53 valence electrons. The lowest BCUT2D eigenvalue weighted by atomic mass is 9.89. The lowest BCUT2D eigenvalue weighted by Gasteiger charge is -2.21. The minimum absolute atomic E-state index is 0.111. The van der Waals surface area contributed by atoms with Gasteiger partial charge in [-0.05, 0) is 6.42 Å². The van der Waals surface area contributed by atoms with E-state index in [1.807, 2.05) is 0 Å². The molecule has 0 amide bonds. The van der Waals surface area contributed by atoms with E-state index in [0.29, 0.717) is 0 Å². The van der Waals surface area contributed by atoms with Gasteiger partial charge in [-0.25, -0.2) is 0 Å². The topological polar surface area (TPSA) is 60.7 Å². The zero-order valence-electron chi connectivity index (χ0n) is 5.17. The third-order valence-corrected chi connectivity index (χ3v) is 1.20. The molecule has 3 heteroatoms. The van der Waals surface area contributed by atoms with E-state index in [9.17, 15) is 0 Å². The Hall–Kier alpha value is -0.120. The Bertz CT molecular complexity index is 68.7. The molecule has 0 unspecified atom stereocenters. The van der Waals surface area contributed by atoms with Crippen molar-refractivity contribution in [3.8, 4) is 0 Å². The van der Waals surface area contributed by atoms with Crippen LogP contribution in [0.3, 0.4) is 0 Å². The quantitative estimate of drug-likeness (QED) is 0.455. The Kier molecular flexibility index (Phi) is 3.77. The zero-order valence-corrected chi connectivity index (χ0v) is 5.17. The Morgan fingerprint density at radius 3 is 1.67 bits per heavy atom. The lowest BCUT2D eigenvalue weighted by molar-refractivity contribution is 0.0675. The van der Waals surface area contributed by atoms with Crippen LogP contribution in [0.15, 0.2) is 0 Å². The number of aliphatic hydroxyl groups excluding tert-OH is 3. The van der Waals surface area contributed by atoms with E-state index < -0.39 is 18.6 Å². The largest absolute Gasteiger partial charge is 0.396 e. The first kappa shape index (κ1) is 8.88. The number of aliphatic hydroxyl groups is 3. The van der Waals surface area contributed by atoms with E-state index in [1.54, 1.807) is 0 Å². The fourth-order valence-electron chi connectivity index (χ4n) is 0.422. The number of hydrogen-bond acceptors (Lipinski definition) is 3. The molecule has 9 heavy (non-hydrogen) atoms. The predicted molar refractivity (Wildman–Crippen MR) is 31.6 cm³/mol. The van der Waals surface area contributed by atoms with Gasteiger partial charge in [0.25, 0.3) is 0 Å². The molecule has 3 radical (unpaired) electrons. The molecular weight excluding hydrogens is 120 g/mol. The van der Waals surface area contributed by atoms with Gasteiger partial charge in [-0.15, -0.1) is 0 Å². The van der Waals surface area contributed by atoms with Crippen LogP contribution in [0.25, 0.3) is 0 Å². The minimum atomic E-state index is -1.26. The van der Waals surface area contributed by atoms with Crippen LogP contribution in [0, 0.1) is 12.3 Å². The Morgan fingerprint density at radius 2 is 1.56 bits per heavy atom. The molecule has 0 aromatic carbocycles. The highest BCUT2D eigenvalue weighted by Crippen LogP contribution is 2.17. The highest BCUT2D eigenvalue weighted by Gasteiger charge is 2.21. The van der Waals surface area contributed by atoms with Crippen molar-refractivity contribution >= 4 is 0 Å². The summed E-state index contributed by atoms with van der Waals surface area (Å²) in [4.78, 5) is 0. The van der Waals surface area contributed by atoms with Crippen LogP contribution < -0.4 is 0 Å². The molecule has 3 N–H and O–H groups in total. The highest BCUT2D eigenvalue weighted by molar-refractivity contribution is 4.79. The van der Waals surface area contributed by atoms with Gasteiger partial charge in [0.1, 0.15) is 0 Å². The Balaban J connectivity index is 3.62. The van der Waals surface area contributed by atoms with Gasteiger partial charge in [0, 0.05) is 18.9 Å². The van der Waals surface area contributed by atoms with E-state index in [4.69, 9.17) is 22.2 Å². The maximum atomic E-state index is 8.46. The summed E-state index contributed by atoms with van der Waals surface area (Å²) in [6.45, 7) is 6.16. The minimum Gasteiger partial charge on any atom is -0.396 e. The maximum absolute atomic E-state index is 8.46. The van der Waals surface area contributed by atoms with Crippen molar-refractivity contribution in [1.29, 1.82) is 0 Å². The van der Waals surface area contributed by atoms with E-state index in [0.717, 1.165) is 0 Å². The molecule has 0 atom stereocenters. The molecule has 3 nitrogen and oxygen atoms in total. The summed E-state index contributed by atoms with van der Waals surface area (Å²) in [5.41, 5.74) is -1.26. The first-order chi connectivity index (χ1) is 4.18. The van der Waals surface area contributed by atoms with Crippen molar-refractivity contribution < 1.29 is 15.3 Å². The smallest absolute Gasteiger partial charge is 0.0516 e. The second kappa shape index (κ2) is 3.82. The van der Waals surface area contributed by atoms with Gasteiger partial charge in [0.15, 0.2) is 0 Å². The fraction of sp³-hybridized carbons (Fsp3) is 0.833. The Labute approximate surface area is 54.9 Å². The first-order valence-electron chi connectivity index (χ1n) is 2.76. The number of rotatable bonds is 4. The van der Waals surface area contributed by atoms with Gasteiger partial charge in [-0.1, -0.05) is 0 Å². The summed E-state index contributed by atoms with van der Waals surface area (Å²) >= 11 is 0. The molecular formula is C6H11O3. The molecule has 0 rings (SSSR count). The summed E-state index contributed by atoms with van der Waals surface area (Å²) < 4.78 is 0. The average molecular weight is 131 g/mol. The van der Waals surface area contributed by atoms with Gasteiger partial charge in [-0.2, -0.15) is 0 Å². The van der Waals surface area contributed by atoms with Crippen molar-refractivity contribution in [2.45, 2.75) is 6.42 Å². The molecule has 0 aliphatic heterocycles. The third-order valence-electron chi connectivity index (χ3n) is 1.20. The lowest BCUT2D eigenvalue weighted by Crippen LogP contribution is -2.27. The Morgan fingerprint density at radius 1 is 1.11 bits per heavy atom. The molecule has 0 fully saturated rings. The van der Waals surface area contributed by atoms with E-state index in [1.165, 1.54) is 0 Å². The molecule has 0 saturated carbocycles. The van der Waals surface area contributed by atoms with Crippen LogP contribution in [0.5, 0.6) is 0 Å².